The van der Waals surface area contributed by atoms with Gasteiger partial charge in [-0.2, -0.15) is 0 Å². The third-order valence-electron chi connectivity index (χ3n) is 1.42. The lowest BCUT2D eigenvalue weighted by molar-refractivity contribution is -0.130. The predicted molar refractivity (Wildman–Crippen MR) is 43.1 cm³/mol. The summed E-state index contributed by atoms with van der Waals surface area (Å²) >= 11 is 0. The predicted octanol–water partition coefficient (Wildman–Crippen LogP) is 1.80. The van der Waals surface area contributed by atoms with Crippen LogP contribution in [-0.2, 0) is 4.79 Å². The van der Waals surface area contributed by atoms with Crippen molar-refractivity contribution in [2.45, 2.75) is 40.2 Å². The number of amides is 1. The Morgan fingerprint density at radius 2 is 1.75 bits per heavy atom. The number of alkyl halides is 2. The monoisotopic (exact) mass is 179 g/mol. The second kappa shape index (κ2) is 3.83. The van der Waals surface area contributed by atoms with Crippen LogP contribution < -0.4 is 5.32 Å². The van der Waals surface area contributed by atoms with Gasteiger partial charge in [0.1, 0.15) is 0 Å². The zero-order chi connectivity index (χ0) is 9.94. The van der Waals surface area contributed by atoms with Crippen LogP contribution >= 0.6 is 0 Å². The first-order chi connectivity index (χ1) is 5.25. The summed E-state index contributed by atoms with van der Waals surface area (Å²) in [4.78, 5) is 11.1. The van der Waals surface area contributed by atoms with Crippen LogP contribution in [0.25, 0.3) is 0 Å². The summed E-state index contributed by atoms with van der Waals surface area (Å²) in [7, 11) is 0. The summed E-state index contributed by atoms with van der Waals surface area (Å²) in [5, 5.41) is 2.23. The van der Waals surface area contributed by atoms with Gasteiger partial charge in [0.25, 0.3) is 6.43 Å². The highest BCUT2D eigenvalue weighted by Gasteiger charge is 2.25. The maximum atomic E-state index is 12.0. The fourth-order valence-electron chi connectivity index (χ4n) is 0.486. The van der Waals surface area contributed by atoms with Crippen LogP contribution in [0.5, 0.6) is 0 Å². The fraction of sp³-hybridized carbons (Fsp3) is 0.875. The largest absolute Gasteiger partial charge is 0.347 e. The van der Waals surface area contributed by atoms with E-state index in [1.54, 1.807) is 20.8 Å². The quantitative estimate of drug-likeness (QED) is 0.688. The summed E-state index contributed by atoms with van der Waals surface area (Å²) in [6.07, 6.45) is -2.50. The molecule has 0 rings (SSSR count). The van der Waals surface area contributed by atoms with Crippen molar-refractivity contribution in [1.29, 1.82) is 0 Å². The lowest BCUT2D eigenvalue weighted by Gasteiger charge is -2.21. The molecular weight excluding hydrogens is 164 g/mol. The minimum absolute atomic E-state index is 0.352. The lowest BCUT2D eigenvalue weighted by atomic mass is 9.95. The van der Waals surface area contributed by atoms with Gasteiger partial charge in [-0.15, -0.1) is 0 Å². The Morgan fingerprint density at radius 1 is 1.33 bits per heavy atom. The van der Waals surface area contributed by atoms with Gasteiger partial charge in [-0.25, -0.2) is 8.78 Å². The Morgan fingerprint density at radius 3 is 2.00 bits per heavy atom. The van der Waals surface area contributed by atoms with Gasteiger partial charge in [0.05, 0.1) is 6.04 Å². The summed E-state index contributed by atoms with van der Waals surface area (Å²) in [6.45, 7) is 6.33. The fourth-order valence-corrected chi connectivity index (χ4v) is 0.486. The average Bonchev–Trinajstić information content (AvgIpc) is 1.85. The molecule has 0 radical (unpaired) electrons. The molecule has 4 heteroatoms. The number of nitrogens with one attached hydrogen (secondary N) is 1. The van der Waals surface area contributed by atoms with E-state index in [0.717, 1.165) is 0 Å². The summed E-state index contributed by atoms with van der Waals surface area (Å²) in [5.41, 5.74) is -0.608. The highest BCUT2D eigenvalue weighted by atomic mass is 19.3. The van der Waals surface area contributed by atoms with Crippen molar-refractivity contribution in [2.24, 2.45) is 5.41 Å². The van der Waals surface area contributed by atoms with E-state index in [2.05, 4.69) is 5.32 Å². The van der Waals surface area contributed by atoms with E-state index in [1.807, 2.05) is 0 Å². The number of halogens is 2. The molecule has 0 saturated heterocycles. The molecule has 2 nitrogen and oxygen atoms in total. The van der Waals surface area contributed by atoms with Gasteiger partial charge in [-0.05, 0) is 6.92 Å². The van der Waals surface area contributed by atoms with E-state index in [-0.39, 0.29) is 5.91 Å². The Hall–Kier alpha value is -0.670. The normalized spacial score (nSPS) is 14.6. The summed E-state index contributed by atoms with van der Waals surface area (Å²) < 4.78 is 23.9. The molecule has 0 aliphatic heterocycles. The SMILES string of the molecule is CC(NC(=O)C(C)(C)C)C(F)F. The molecule has 12 heavy (non-hydrogen) atoms. The molecule has 1 N–H and O–H groups in total. The highest BCUT2D eigenvalue weighted by Crippen LogP contribution is 2.13. The van der Waals surface area contributed by atoms with E-state index in [0.29, 0.717) is 0 Å². The van der Waals surface area contributed by atoms with Gasteiger partial charge in [-0.3, -0.25) is 4.79 Å². The van der Waals surface area contributed by atoms with Gasteiger partial charge < -0.3 is 5.32 Å². The summed E-state index contributed by atoms with van der Waals surface area (Å²) in [6, 6.07) is -1.07. The molecule has 0 aromatic rings. The molecule has 0 aromatic carbocycles. The number of carbonyl (C=O) groups excluding carboxylic acids is 1. The third kappa shape index (κ3) is 3.64. The van der Waals surface area contributed by atoms with Crippen molar-refractivity contribution in [3.63, 3.8) is 0 Å². The van der Waals surface area contributed by atoms with Crippen LogP contribution in [0.1, 0.15) is 27.7 Å². The molecule has 0 bridgehead atoms. The van der Waals surface area contributed by atoms with E-state index in [4.69, 9.17) is 0 Å². The van der Waals surface area contributed by atoms with Crippen LogP contribution in [0.4, 0.5) is 8.78 Å². The Labute approximate surface area is 71.3 Å². The van der Waals surface area contributed by atoms with E-state index < -0.39 is 17.9 Å². The van der Waals surface area contributed by atoms with Crippen LogP contribution in [0.15, 0.2) is 0 Å². The highest BCUT2D eigenvalue weighted by molar-refractivity contribution is 5.81. The lowest BCUT2D eigenvalue weighted by Crippen LogP contribution is -2.43. The molecule has 1 amide bonds. The standard InChI is InChI=1S/C8H15F2NO/c1-5(6(9)10)11-7(12)8(2,3)4/h5-6H,1-4H3,(H,11,12). The van der Waals surface area contributed by atoms with Crippen molar-refractivity contribution in [1.82, 2.24) is 5.32 Å². The van der Waals surface area contributed by atoms with Gasteiger partial charge >= 0.3 is 0 Å². The maximum Gasteiger partial charge on any atom is 0.258 e. The first kappa shape index (κ1) is 11.3. The average molecular weight is 179 g/mol. The molecule has 0 aromatic heterocycles. The molecule has 0 heterocycles. The van der Waals surface area contributed by atoms with Crippen LogP contribution in [0, 0.1) is 5.41 Å². The first-order valence-electron chi connectivity index (χ1n) is 3.84. The molecule has 0 aliphatic rings. The number of hydrogen-bond acceptors (Lipinski definition) is 1. The maximum absolute atomic E-state index is 12.0. The molecule has 0 aliphatic carbocycles. The second-order valence-corrected chi connectivity index (χ2v) is 3.85. The Kier molecular flexibility index (Phi) is 3.61. The van der Waals surface area contributed by atoms with Crippen molar-refractivity contribution in [3.05, 3.63) is 0 Å². The molecule has 0 saturated carbocycles. The third-order valence-corrected chi connectivity index (χ3v) is 1.42. The van der Waals surface area contributed by atoms with Gasteiger partial charge in [0.2, 0.25) is 5.91 Å². The Bertz CT molecular complexity index is 163. The Balaban J connectivity index is 4.02. The van der Waals surface area contributed by atoms with Crippen LogP contribution in [-0.4, -0.2) is 18.4 Å². The first-order valence-corrected chi connectivity index (χ1v) is 3.84. The molecular formula is C8H15F2NO. The molecule has 0 fully saturated rings. The number of carbonyl (C=O) groups is 1. The van der Waals surface area contributed by atoms with Crippen molar-refractivity contribution in [2.75, 3.05) is 0 Å². The number of hydrogen-bond donors (Lipinski definition) is 1. The molecule has 72 valence electrons. The number of rotatable bonds is 2. The topological polar surface area (TPSA) is 29.1 Å². The zero-order valence-corrected chi connectivity index (χ0v) is 7.82. The van der Waals surface area contributed by atoms with E-state index in [9.17, 15) is 13.6 Å². The minimum Gasteiger partial charge on any atom is -0.347 e. The zero-order valence-electron chi connectivity index (χ0n) is 7.82. The molecule has 1 atom stereocenters. The van der Waals surface area contributed by atoms with Crippen LogP contribution in [0.3, 0.4) is 0 Å². The van der Waals surface area contributed by atoms with Crippen molar-refractivity contribution in [3.8, 4) is 0 Å². The van der Waals surface area contributed by atoms with Gasteiger partial charge in [0.15, 0.2) is 0 Å². The smallest absolute Gasteiger partial charge is 0.258 e. The second-order valence-electron chi connectivity index (χ2n) is 3.85. The van der Waals surface area contributed by atoms with Gasteiger partial charge in [-0.1, -0.05) is 20.8 Å². The summed E-state index contributed by atoms with van der Waals surface area (Å²) in [5.74, 6) is -0.352. The van der Waals surface area contributed by atoms with Crippen molar-refractivity contribution < 1.29 is 13.6 Å². The van der Waals surface area contributed by atoms with Crippen molar-refractivity contribution >= 4 is 5.91 Å². The molecule has 1 unspecified atom stereocenters. The van der Waals surface area contributed by atoms with Crippen LogP contribution in [0.2, 0.25) is 0 Å². The van der Waals surface area contributed by atoms with E-state index >= 15 is 0 Å². The molecule has 0 spiro atoms. The van der Waals surface area contributed by atoms with E-state index in [1.165, 1.54) is 6.92 Å². The minimum atomic E-state index is -2.50. The van der Waals surface area contributed by atoms with Gasteiger partial charge in [0, 0.05) is 5.41 Å².